The van der Waals surface area contributed by atoms with Gasteiger partial charge in [-0.25, -0.2) is 0 Å². The monoisotopic (exact) mass is 268 g/mol. The standard InChI is InChI=1S/C12H20N4OS/c1-7-4-5-16(8(2)6-7)12-9(11(17)14-3)10(13)15-18-12/h7-8H,4-6H2,1-3H3,(H2,13,15)(H,14,17). The molecule has 1 saturated heterocycles. The molecule has 6 heteroatoms. The summed E-state index contributed by atoms with van der Waals surface area (Å²) in [6, 6.07) is 0.428. The van der Waals surface area contributed by atoms with Crippen LogP contribution in [-0.2, 0) is 0 Å². The predicted octanol–water partition coefficient (Wildman–Crippen LogP) is 1.71. The predicted molar refractivity (Wildman–Crippen MR) is 75.1 cm³/mol. The first-order chi connectivity index (χ1) is 8.54. The van der Waals surface area contributed by atoms with E-state index in [-0.39, 0.29) is 5.91 Å². The Kier molecular flexibility index (Phi) is 3.75. The van der Waals surface area contributed by atoms with Gasteiger partial charge >= 0.3 is 0 Å². The number of nitrogens with two attached hydrogens (primary N) is 1. The van der Waals surface area contributed by atoms with E-state index in [1.54, 1.807) is 7.05 Å². The minimum absolute atomic E-state index is 0.151. The van der Waals surface area contributed by atoms with Crippen LogP contribution in [0.5, 0.6) is 0 Å². The molecule has 1 amide bonds. The van der Waals surface area contributed by atoms with Gasteiger partial charge in [0.25, 0.3) is 5.91 Å². The molecule has 18 heavy (non-hydrogen) atoms. The molecule has 2 heterocycles. The highest BCUT2D eigenvalue weighted by Gasteiger charge is 2.29. The Hall–Kier alpha value is -1.30. The number of aromatic nitrogens is 1. The summed E-state index contributed by atoms with van der Waals surface area (Å²) in [5.74, 6) is 0.923. The summed E-state index contributed by atoms with van der Waals surface area (Å²) >= 11 is 1.32. The van der Waals surface area contributed by atoms with Crippen molar-refractivity contribution in [3.05, 3.63) is 5.56 Å². The molecule has 3 N–H and O–H groups in total. The van der Waals surface area contributed by atoms with Gasteiger partial charge in [0, 0.05) is 19.6 Å². The van der Waals surface area contributed by atoms with Crippen LogP contribution in [0.3, 0.4) is 0 Å². The maximum absolute atomic E-state index is 11.9. The van der Waals surface area contributed by atoms with Crippen LogP contribution in [0, 0.1) is 5.92 Å². The van der Waals surface area contributed by atoms with Gasteiger partial charge in [-0.05, 0) is 37.2 Å². The number of rotatable bonds is 2. The molecule has 2 unspecified atom stereocenters. The molecule has 0 aromatic carbocycles. The van der Waals surface area contributed by atoms with Gasteiger partial charge < -0.3 is 16.0 Å². The van der Waals surface area contributed by atoms with Crippen molar-refractivity contribution in [2.24, 2.45) is 5.92 Å². The Balaban J connectivity index is 2.31. The third-order valence-electron chi connectivity index (χ3n) is 3.55. The molecule has 1 aromatic rings. The van der Waals surface area contributed by atoms with Gasteiger partial charge in [0.2, 0.25) is 0 Å². The van der Waals surface area contributed by atoms with Crippen molar-refractivity contribution in [1.82, 2.24) is 9.69 Å². The van der Waals surface area contributed by atoms with Gasteiger partial charge in [0.1, 0.15) is 10.6 Å². The molecule has 2 rings (SSSR count). The topological polar surface area (TPSA) is 71.2 Å². The fourth-order valence-corrected chi connectivity index (χ4v) is 3.48. The molecule has 0 spiro atoms. The molecule has 1 aliphatic rings. The first-order valence-electron chi connectivity index (χ1n) is 6.28. The largest absolute Gasteiger partial charge is 0.382 e. The lowest BCUT2D eigenvalue weighted by atomic mass is 9.93. The van der Waals surface area contributed by atoms with Crippen LogP contribution < -0.4 is 16.0 Å². The van der Waals surface area contributed by atoms with Crippen molar-refractivity contribution in [3.63, 3.8) is 0 Å². The van der Waals surface area contributed by atoms with E-state index in [2.05, 4.69) is 28.4 Å². The summed E-state index contributed by atoms with van der Waals surface area (Å²) < 4.78 is 4.13. The molecule has 0 bridgehead atoms. The van der Waals surface area contributed by atoms with E-state index in [4.69, 9.17) is 5.73 Å². The summed E-state index contributed by atoms with van der Waals surface area (Å²) in [5.41, 5.74) is 6.34. The summed E-state index contributed by atoms with van der Waals surface area (Å²) in [6.07, 6.45) is 2.29. The van der Waals surface area contributed by atoms with E-state index >= 15 is 0 Å². The molecule has 1 fully saturated rings. The molecular weight excluding hydrogens is 248 g/mol. The van der Waals surface area contributed by atoms with Crippen molar-refractivity contribution >= 4 is 28.3 Å². The summed E-state index contributed by atoms with van der Waals surface area (Å²) in [4.78, 5) is 14.1. The molecule has 0 radical (unpaired) electrons. The first kappa shape index (κ1) is 13.1. The van der Waals surface area contributed by atoms with E-state index < -0.39 is 0 Å². The number of piperidine rings is 1. The van der Waals surface area contributed by atoms with E-state index in [1.165, 1.54) is 11.5 Å². The second-order valence-electron chi connectivity index (χ2n) is 5.00. The van der Waals surface area contributed by atoms with Crippen LogP contribution in [0.2, 0.25) is 0 Å². The molecule has 100 valence electrons. The highest BCUT2D eigenvalue weighted by molar-refractivity contribution is 7.11. The van der Waals surface area contributed by atoms with Gasteiger partial charge in [0.15, 0.2) is 5.82 Å². The maximum Gasteiger partial charge on any atom is 0.257 e. The Morgan fingerprint density at radius 3 is 2.89 bits per heavy atom. The smallest absolute Gasteiger partial charge is 0.257 e. The Morgan fingerprint density at radius 2 is 2.28 bits per heavy atom. The fourth-order valence-electron chi connectivity index (χ4n) is 2.54. The number of carbonyl (C=O) groups excluding carboxylic acids is 1. The lowest BCUT2D eigenvalue weighted by molar-refractivity contribution is 0.0964. The molecule has 2 atom stereocenters. The van der Waals surface area contributed by atoms with Gasteiger partial charge in [-0.1, -0.05) is 6.92 Å². The van der Waals surface area contributed by atoms with Gasteiger partial charge in [-0.2, -0.15) is 4.37 Å². The van der Waals surface area contributed by atoms with Crippen LogP contribution in [-0.4, -0.2) is 29.9 Å². The van der Waals surface area contributed by atoms with Crippen molar-refractivity contribution in [2.45, 2.75) is 32.7 Å². The number of amides is 1. The highest BCUT2D eigenvalue weighted by atomic mass is 32.1. The Bertz CT molecular complexity index is 445. The van der Waals surface area contributed by atoms with E-state index in [0.717, 1.165) is 30.3 Å². The lowest BCUT2D eigenvalue weighted by Crippen LogP contribution is -2.40. The van der Waals surface area contributed by atoms with Crippen LogP contribution in [0.1, 0.15) is 37.0 Å². The number of carbonyl (C=O) groups is 1. The Labute approximate surface area is 112 Å². The fraction of sp³-hybridized carbons (Fsp3) is 0.667. The van der Waals surface area contributed by atoms with Gasteiger partial charge in [-0.15, -0.1) is 0 Å². The minimum atomic E-state index is -0.151. The second kappa shape index (κ2) is 5.14. The van der Waals surface area contributed by atoms with E-state index in [1.807, 2.05) is 0 Å². The van der Waals surface area contributed by atoms with E-state index in [0.29, 0.717) is 17.4 Å². The number of nitrogen functional groups attached to an aromatic ring is 1. The number of nitrogens with one attached hydrogen (secondary N) is 1. The quantitative estimate of drug-likeness (QED) is 0.856. The normalized spacial score (nSPS) is 24.1. The molecule has 0 saturated carbocycles. The van der Waals surface area contributed by atoms with Gasteiger partial charge in [-0.3, -0.25) is 4.79 Å². The summed E-state index contributed by atoms with van der Waals surface area (Å²) in [5, 5.41) is 3.54. The average Bonchev–Trinajstić information content (AvgIpc) is 2.70. The number of anilines is 2. The summed E-state index contributed by atoms with van der Waals surface area (Å²) in [6.45, 7) is 5.43. The number of nitrogens with zero attached hydrogens (tertiary/aromatic N) is 2. The number of hydrogen-bond donors (Lipinski definition) is 2. The maximum atomic E-state index is 11.9. The van der Waals surface area contributed by atoms with Crippen molar-refractivity contribution in [2.75, 3.05) is 24.2 Å². The molecule has 1 aromatic heterocycles. The van der Waals surface area contributed by atoms with Crippen LogP contribution in [0.15, 0.2) is 0 Å². The summed E-state index contributed by atoms with van der Waals surface area (Å²) in [7, 11) is 1.62. The van der Waals surface area contributed by atoms with E-state index in [9.17, 15) is 4.79 Å². The molecule has 0 aliphatic carbocycles. The SMILES string of the molecule is CNC(=O)c1c(N)nsc1N1CCC(C)CC1C. The lowest BCUT2D eigenvalue weighted by Gasteiger charge is -2.37. The van der Waals surface area contributed by atoms with Crippen molar-refractivity contribution < 1.29 is 4.79 Å². The average molecular weight is 268 g/mol. The number of hydrogen-bond acceptors (Lipinski definition) is 5. The second-order valence-corrected chi connectivity index (χ2v) is 5.75. The van der Waals surface area contributed by atoms with Gasteiger partial charge in [0.05, 0.1) is 0 Å². The highest BCUT2D eigenvalue weighted by Crippen LogP contribution is 2.35. The molecular formula is C12H20N4OS. The van der Waals surface area contributed by atoms with Crippen molar-refractivity contribution in [1.29, 1.82) is 0 Å². The molecule has 5 nitrogen and oxygen atoms in total. The van der Waals surface area contributed by atoms with Crippen LogP contribution >= 0.6 is 11.5 Å². The zero-order valence-corrected chi connectivity index (χ0v) is 11.9. The van der Waals surface area contributed by atoms with Crippen LogP contribution in [0.4, 0.5) is 10.8 Å². The van der Waals surface area contributed by atoms with Crippen LogP contribution in [0.25, 0.3) is 0 Å². The third-order valence-corrected chi connectivity index (χ3v) is 4.45. The first-order valence-corrected chi connectivity index (χ1v) is 7.05. The zero-order valence-electron chi connectivity index (χ0n) is 11.1. The Morgan fingerprint density at radius 1 is 1.56 bits per heavy atom. The van der Waals surface area contributed by atoms with Crippen molar-refractivity contribution in [3.8, 4) is 0 Å². The molecule has 1 aliphatic heterocycles. The third kappa shape index (κ3) is 2.29. The zero-order chi connectivity index (χ0) is 13.3. The minimum Gasteiger partial charge on any atom is -0.382 e.